The van der Waals surface area contributed by atoms with Crippen molar-refractivity contribution in [2.45, 2.75) is 12.5 Å². The van der Waals surface area contributed by atoms with E-state index in [1.165, 1.54) is 0 Å². The standard InChI is InChI=1S/C22H23N3OP/c26-27-24(20-12-6-2-7-13-20)18-22(25(27)21-14-8-3-9-15-21)16-17-23-19-10-4-1-5-11-19/h1-15,22-23H,16-18H2/q-1/t22-,27?/m0/s1. The van der Waals surface area contributed by atoms with Crippen molar-refractivity contribution < 1.29 is 4.89 Å². The molecule has 0 spiro atoms. The summed E-state index contributed by atoms with van der Waals surface area (Å²) in [6, 6.07) is 30.5. The maximum absolute atomic E-state index is 13.3. The smallest absolute Gasteiger partial charge is 0.0528 e. The van der Waals surface area contributed by atoms with Crippen molar-refractivity contribution in [3.8, 4) is 0 Å². The van der Waals surface area contributed by atoms with Crippen molar-refractivity contribution in [3.63, 3.8) is 0 Å². The Bertz CT molecular complexity index is 832. The molecule has 3 aromatic carbocycles. The van der Waals surface area contributed by atoms with E-state index in [0.29, 0.717) is 0 Å². The lowest BCUT2D eigenvalue weighted by Crippen LogP contribution is -2.31. The van der Waals surface area contributed by atoms with Gasteiger partial charge in [-0.3, -0.25) is 0 Å². The predicted octanol–water partition coefficient (Wildman–Crippen LogP) is 4.47. The molecule has 4 nitrogen and oxygen atoms in total. The average molecular weight is 376 g/mol. The van der Waals surface area contributed by atoms with Crippen LogP contribution in [0, 0.1) is 0 Å². The van der Waals surface area contributed by atoms with Crippen molar-refractivity contribution in [2.24, 2.45) is 0 Å². The maximum atomic E-state index is 13.3. The van der Waals surface area contributed by atoms with E-state index >= 15 is 0 Å². The highest BCUT2D eigenvalue weighted by Gasteiger charge is 2.33. The fraction of sp³-hybridized carbons (Fsp3) is 0.182. The second kappa shape index (κ2) is 8.43. The number of para-hydroxylation sites is 3. The van der Waals surface area contributed by atoms with Gasteiger partial charge in [-0.2, -0.15) is 0 Å². The van der Waals surface area contributed by atoms with Gasteiger partial charge >= 0.3 is 0 Å². The molecule has 0 saturated carbocycles. The van der Waals surface area contributed by atoms with Crippen LogP contribution in [0.2, 0.25) is 0 Å². The van der Waals surface area contributed by atoms with E-state index < -0.39 is 8.45 Å². The van der Waals surface area contributed by atoms with Crippen LogP contribution in [-0.2, 0) is 0 Å². The van der Waals surface area contributed by atoms with E-state index in [1.807, 2.05) is 83.5 Å². The van der Waals surface area contributed by atoms with Gasteiger partial charge in [-0.1, -0.05) is 54.6 Å². The minimum absolute atomic E-state index is 0.187. The molecule has 0 aromatic heterocycles. The van der Waals surface area contributed by atoms with E-state index in [1.54, 1.807) is 0 Å². The Morgan fingerprint density at radius 2 is 1.37 bits per heavy atom. The van der Waals surface area contributed by atoms with E-state index in [0.717, 1.165) is 36.6 Å². The van der Waals surface area contributed by atoms with Crippen LogP contribution >= 0.6 is 8.45 Å². The van der Waals surface area contributed by atoms with Crippen molar-refractivity contribution in [1.29, 1.82) is 0 Å². The SMILES string of the molecule is [O-]P1N(c2ccccc2)C[C@H](CCNc2ccccc2)N1c1ccccc1. The van der Waals surface area contributed by atoms with Crippen LogP contribution in [0.25, 0.3) is 0 Å². The first-order valence-corrected chi connectivity index (χ1v) is 10.4. The molecule has 5 heteroatoms. The normalized spacial score (nSPS) is 19.3. The Balaban J connectivity index is 1.52. The Labute approximate surface area is 162 Å². The molecule has 0 radical (unpaired) electrons. The van der Waals surface area contributed by atoms with E-state index in [9.17, 15) is 4.89 Å². The van der Waals surface area contributed by atoms with Crippen LogP contribution in [0.1, 0.15) is 6.42 Å². The first-order valence-electron chi connectivity index (χ1n) is 9.26. The molecule has 1 aliphatic rings. The molecule has 2 atom stereocenters. The van der Waals surface area contributed by atoms with Crippen molar-refractivity contribution in [2.75, 3.05) is 27.7 Å². The predicted molar refractivity (Wildman–Crippen MR) is 113 cm³/mol. The molecule has 1 N–H and O–H groups in total. The van der Waals surface area contributed by atoms with Crippen molar-refractivity contribution in [1.82, 2.24) is 0 Å². The van der Waals surface area contributed by atoms with Gasteiger partial charge < -0.3 is 19.6 Å². The average Bonchev–Trinajstić information content (AvgIpc) is 3.06. The highest BCUT2D eigenvalue weighted by molar-refractivity contribution is 7.54. The minimum atomic E-state index is -1.67. The van der Waals surface area contributed by atoms with Gasteiger partial charge in [0, 0.05) is 38.6 Å². The number of nitrogens with one attached hydrogen (secondary N) is 1. The zero-order chi connectivity index (χ0) is 18.5. The van der Waals surface area contributed by atoms with Gasteiger partial charge in [0.05, 0.1) is 6.04 Å². The summed E-state index contributed by atoms with van der Waals surface area (Å²) in [5, 5.41) is 3.47. The van der Waals surface area contributed by atoms with Crippen LogP contribution in [0.15, 0.2) is 91.0 Å². The van der Waals surface area contributed by atoms with Gasteiger partial charge in [0.15, 0.2) is 0 Å². The summed E-state index contributed by atoms with van der Waals surface area (Å²) in [6.45, 7) is 1.59. The van der Waals surface area contributed by atoms with Crippen LogP contribution in [0.3, 0.4) is 0 Å². The summed E-state index contributed by atoms with van der Waals surface area (Å²) in [5.41, 5.74) is 3.14. The number of anilines is 3. The van der Waals surface area contributed by atoms with E-state index in [-0.39, 0.29) is 6.04 Å². The molecule has 27 heavy (non-hydrogen) atoms. The molecule has 1 aliphatic heterocycles. The van der Waals surface area contributed by atoms with E-state index in [4.69, 9.17) is 0 Å². The third kappa shape index (κ3) is 4.08. The minimum Gasteiger partial charge on any atom is -0.796 e. The summed E-state index contributed by atoms with van der Waals surface area (Å²) in [5.74, 6) is 0. The number of hydrogen-bond acceptors (Lipinski definition) is 4. The molecule has 0 bridgehead atoms. The molecular formula is C22H23N3OP-. The second-order valence-electron chi connectivity index (χ2n) is 6.59. The number of hydrogen-bond donors (Lipinski definition) is 1. The maximum Gasteiger partial charge on any atom is 0.0528 e. The first kappa shape index (κ1) is 17.8. The molecule has 4 rings (SSSR count). The Morgan fingerprint density at radius 1 is 0.815 bits per heavy atom. The summed E-state index contributed by atoms with van der Waals surface area (Å²) >= 11 is 0. The quantitative estimate of drug-likeness (QED) is 0.645. The Kier molecular flexibility index (Phi) is 5.57. The highest BCUT2D eigenvalue weighted by Crippen LogP contribution is 2.50. The number of benzene rings is 3. The molecule has 1 saturated heterocycles. The molecular weight excluding hydrogens is 353 g/mol. The number of rotatable bonds is 6. The second-order valence-corrected chi connectivity index (χ2v) is 8.01. The van der Waals surface area contributed by atoms with Crippen LogP contribution in [0.4, 0.5) is 17.1 Å². The molecule has 3 aromatic rings. The molecule has 138 valence electrons. The fourth-order valence-corrected chi connectivity index (χ4v) is 5.14. The molecule has 1 heterocycles. The molecule has 0 aliphatic carbocycles. The van der Waals surface area contributed by atoms with Gasteiger partial charge in [0.25, 0.3) is 0 Å². The Morgan fingerprint density at radius 3 is 2.00 bits per heavy atom. The van der Waals surface area contributed by atoms with Gasteiger partial charge in [-0.05, 0) is 42.8 Å². The van der Waals surface area contributed by atoms with Gasteiger partial charge in [-0.15, -0.1) is 0 Å². The van der Waals surface area contributed by atoms with Crippen molar-refractivity contribution in [3.05, 3.63) is 91.0 Å². The zero-order valence-corrected chi connectivity index (χ0v) is 16.0. The summed E-state index contributed by atoms with van der Waals surface area (Å²) in [4.78, 5) is 13.3. The van der Waals surface area contributed by atoms with Gasteiger partial charge in [-0.25, -0.2) is 0 Å². The largest absolute Gasteiger partial charge is 0.796 e. The third-order valence-electron chi connectivity index (χ3n) is 4.78. The molecule has 0 amide bonds. The summed E-state index contributed by atoms with van der Waals surface area (Å²) in [6.07, 6.45) is 0.911. The summed E-state index contributed by atoms with van der Waals surface area (Å²) in [7, 11) is -1.67. The van der Waals surface area contributed by atoms with Crippen LogP contribution in [0.5, 0.6) is 0 Å². The lowest BCUT2D eigenvalue weighted by atomic mass is 10.1. The molecule has 1 unspecified atom stereocenters. The lowest BCUT2D eigenvalue weighted by molar-refractivity contribution is -0.160. The van der Waals surface area contributed by atoms with Crippen molar-refractivity contribution >= 4 is 25.5 Å². The Hall–Kier alpha value is -2.55. The fourth-order valence-electron chi connectivity index (χ4n) is 3.45. The monoisotopic (exact) mass is 376 g/mol. The first-order chi connectivity index (χ1) is 13.3. The van der Waals surface area contributed by atoms with Crippen LogP contribution < -0.4 is 19.6 Å². The zero-order valence-electron chi connectivity index (χ0n) is 15.1. The number of nitrogens with zero attached hydrogens (tertiary/aromatic N) is 2. The summed E-state index contributed by atoms with van der Waals surface area (Å²) < 4.78 is 4.10. The van der Waals surface area contributed by atoms with Gasteiger partial charge in [0.2, 0.25) is 0 Å². The van der Waals surface area contributed by atoms with E-state index in [2.05, 4.69) is 22.1 Å². The lowest BCUT2D eigenvalue weighted by Gasteiger charge is -2.38. The third-order valence-corrected chi connectivity index (χ3v) is 6.51. The highest BCUT2D eigenvalue weighted by atomic mass is 31.2. The topological polar surface area (TPSA) is 41.6 Å². The van der Waals surface area contributed by atoms with Crippen LogP contribution in [-0.4, -0.2) is 19.1 Å². The molecule has 1 fully saturated rings. The van der Waals surface area contributed by atoms with Gasteiger partial charge in [0.1, 0.15) is 0 Å².